The highest BCUT2D eigenvalue weighted by Gasteiger charge is 2.31. The van der Waals surface area contributed by atoms with Gasteiger partial charge < -0.3 is 35.3 Å². The zero-order valence-corrected chi connectivity index (χ0v) is 27.1. The van der Waals surface area contributed by atoms with Crippen LogP contribution in [0.15, 0.2) is 60.0 Å². The number of fused-ring (bicyclic) bond motifs is 1. The van der Waals surface area contributed by atoms with Gasteiger partial charge in [-0.25, -0.2) is 9.97 Å². The van der Waals surface area contributed by atoms with E-state index in [0.717, 1.165) is 26.7 Å². The van der Waals surface area contributed by atoms with E-state index in [4.69, 9.17) is 29.7 Å². The molecule has 2 aromatic heterocycles. The Morgan fingerprint density at radius 3 is 2.46 bits per heavy atom. The van der Waals surface area contributed by atoms with E-state index in [2.05, 4.69) is 15.6 Å². The molecule has 3 aromatic carbocycles. The van der Waals surface area contributed by atoms with Gasteiger partial charge >= 0.3 is 0 Å². The first kappa shape index (κ1) is 30.9. The van der Waals surface area contributed by atoms with Crippen molar-refractivity contribution >= 4 is 56.7 Å². The minimum Gasteiger partial charge on any atom is -0.497 e. The first-order valence-corrected chi connectivity index (χ1v) is 15.9. The maximum absolute atomic E-state index is 13.0. The second-order valence-corrected chi connectivity index (χ2v) is 12.3. The average molecular weight is 658 g/mol. The number of benzene rings is 3. The van der Waals surface area contributed by atoms with Gasteiger partial charge in [0.1, 0.15) is 21.5 Å². The number of carbonyl (C=O) groups excluding carboxylic acids is 2. The number of aromatic nitrogens is 2. The van der Waals surface area contributed by atoms with Crippen molar-refractivity contribution < 1.29 is 28.5 Å². The summed E-state index contributed by atoms with van der Waals surface area (Å²) in [6.45, 7) is 0. The van der Waals surface area contributed by atoms with E-state index in [9.17, 15) is 9.59 Å². The van der Waals surface area contributed by atoms with Crippen molar-refractivity contribution in [1.29, 1.82) is 0 Å². The van der Waals surface area contributed by atoms with Crippen LogP contribution in [0.4, 0.5) is 22.3 Å². The molecule has 0 fully saturated rings. The Morgan fingerprint density at radius 2 is 1.74 bits per heavy atom. The molecular weight excluding hydrogens is 627 g/mol. The Bertz CT molecular complexity index is 1910. The molecule has 0 bridgehead atoms. The summed E-state index contributed by atoms with van der Waals surface area (Å²) >= 11 is 2.83. The van der Waals surface area contributed by atoms with Crippen LogP contribution in [-0.2, 0) is 4.79 Å². The fourth-order valence-corrected chi connectivity index (χ4v) is 7.24. The summed E-state index contributed by atoms with van der Waals surface area (Å²) in [6, 6.07) is 16.5. The third kappa shape index (κ3) is 6.19. The molecule has 2 heterocycles. The lowest BCUT2D eigenvalue weighted by molar-refractivity contribution is -0.116. The number of nitrogens with two attached hydrogens (primary N) is 1. The molecule has 0 saturated carbocycles. The highest BCUT2D eigenvalue weighted by Crippen LogP contribution is 2.43. The maximum Gasteiger partial charge on any atom is 0.225 e. The van der Waals surface area contributed by atoms with Gasteiger partial charge in [0, 0.05) is 58.8 Å². The minimum absolute atomic E-state index is 0.0439. The van der Waals surface area contributed by atoms with Gasteiger partial charge in [0.2, 0.25) is 11.7 Å². The highest BCUT2D eigenvalue weighted by atomic mass is 32.1. The summed E-state index contributed by atoms with van der Waals surface area (Å²) in [6.07, 6.45) is 0.492. The smallest absolute Gasteiger partial charge is 0.225 e. The molecule has 236 valence electrons. The summed E-state index contributed by atoms with van der Waals surface area (Å²) in [5.41, 5.74) is 10.7. The van der Waals surface area contributed by atoms with Crippen LogP contribution in [0.3, 0.4) is 0 Å². The van der Waals surface area contributed by atoms with E-state index in [-0.39, 0.29) is 24.0 Å². The Morgan fingerprint density at radius 1 is 0.957 bits per heavy atom. The highest BCUT2D eigenvalue weighted by molar-refractivity contribution is 7.23. The van der Waals surface area contributed by atoms with Crippen molar-refractivity contribution in [3.63, 3.8) is 0 Å². The lowest BCUT2D eigenvalue weighted by Crippen LogP contribution is -2.15. The summed E-state index contributed by atoms with van der Waals surface area (Å²) < 4.78 is 21.6. The van der Waals surface area contributed by atoms with Crippen molar-refractivity contribution in [1.82, 2.24) is 9.97 Å². The number of thiazole rings is 2. The third-order valence-corrected chi connectivity index (χ3v) is 9.55. The maximum atomic E-state index is 13.0. The molecule has 6 rings (SSSR count). The van der Waals surface area contributed by atoms with Crippen molar-refractivity contribution in [2.24, 2.45) is 0 Å². The predicted molar refractivity (Wildman–Crippen MR) is 180 cm³/mol. The number of hydrogen-bond acceptors (Lipinski definition) is 12. The largest absolute Gasteiger partial charge is 0.497 e. The number of hydrogen-bond donors (Lipinski definition) is 3. The van der Waals surface area contributed by atoms with Crippen LogP contribution in [0.5, 0.6) is 23.0 Å². The fourth-order valence-electron chi connectivity index (χ4n) is 5.40. The molecule has 4 N–H and O–H groups in total. The van der Waals surface area contributed by atoms with Crippen molar-refractivity contribution in [3.8, 4) is 44.1 Å². The number of ketones is 1. The van der Waals surface area contributed by atoms with Crippen molar-refractivity contribution in [2.45, 2.75) is 18.8 Å². The second-order valence-electron chi connectivity index (χ2n) is 10.4. The Kier molecular flexibility index (Phi) is 8.77. The van der Waals surface area contributed by atoms with Gasteiger partial charge in [0.05, 0.1) is 34.1 Å². The van der Waals surface area contributed by atoms with E-state index >= 15 is 0 Å². The summed E-state index contributed by atoms with van der Waals surface area (Å²) in [4.78, 5) is 35.6. The Labute approximate surface area is 273 Å². The van der Waals surface area contributed by atoms with Crippen LogP contribution in [0.2, 0.25) is 0 Å². The quantitative estimate of drug-likeness (QED) is 0.136. The van der Waals surface area contributed by atoms with E-state index < -0.39 is 0 Å². The Balaban J connectivity index is 1.15. The van der Waals surface area contributed by atoms with Gasteiger partial charge in [-0.15, -0.1) is 11.3 Å². The number of carbonyl (C=O) groups is 2. The molecule has 46 heavy (non-hydrogen) atoms. The minimum atomic E-state index is -0.195. The third-order valence-electron chi connectivity index (χ3n) is 7.57. The standard InChI is InChI=1S/C33H31N5O6S2/c1-41-21-8-9-22-23(15-21)18(11-25(22)39)12-28(40)35-19-7-5-6-17(10-19)24-16-45-32(37-24)30-31(34)38-33(46-30)36-20-13-26(42-2)29(44-4)27(14-20)43-3/h5-10,13-16,18H,11-12,34H2,1-4H3,(H,35,40)(H,36,38). The Hall–Kier alpha value is -5.14. The predicted octanol–water partition coefficient (Wildman–Crippen LogP) is 6.99. The van der Waals surface area contributed by atoms with E-state index in [1.54, 1.807) is 52.7 Å². The molecule has 1 aliphatic rings. The lowest BCUT2D eigenvalue weighted by atomic mass is 9.97. The number of Topliss-reactive ketones (excluding diaryl/α,β-unsaturated/α-hetero) is 1. The van der Waals surface area contributed by atoms with E-state index in [0.29, 0.717) is 57.3 Å². The normalized spacial score (nSPS) is 13.7. The van der Waals surface area contributed by atoms with Crippen LogP contribution in [0.1, 0.15) is 34.7 Å². The van der Waals surface area contributed by atoms with Gasteiger partial charge in [-0.2, -0.15) is 0 Å². The molecule has 1 aliphatic carbocycles. The molecule has 5 aromatic rings. The summed E-state index contributed by atoms with van der Waals surface area (Å²) in [7, 11) is 6.25. The molecule has 0 radical (unpaired) electrons. The molecule has 1 amide bonds. The first-order valence-electron chi connectivity index (χ1n) is 14.2. The fraction of sp³-hybridized carbons (Fsp3) is 0.212. The number of methoxy groups -OCH3 is 4. The molecular formula is C33H31N5O6S2. The molecule has 1 unspecified atom stereocenters. The summed E-state index contributed by atoms with van der Waals surface area (Å²) in [5.74, 6) is 2.21. The average Bonchev–Trinajstić information content (AvgIpc) is 3.77. The number of anilines is 4. The number of amides is 1. The zero-order valence-electron chi connectivity index (χ0n) is 25.5. The number of nitrogens with zero attached hydrogens (tertiary/aromatic N) is 2. The van der Waals surface area contributed by atoms with Crippen LogP contribution in [-0.4, -0.2) is 50.1 Å². The van der Waals surface area contributed by atoms with E-state index in [1.165, 1.54) is 22.7 Å². The van der Waals surface area contributed by atoms with Crippen LogP contribution in [0.25, 0.3) is 21.1 Å². The second kappa shape index (κ2) is 13.1. The topological polar surface area (TPSA) is 147 Å². The monoisotopic (exact) mass is 657 g/mol. The number of rotatable bonds is 11. The van der Waals surface area contributed by atoms with Crippen LogP contribution >= 0.6 is 22.7 Å². The zero-order chi connectivity index (χ0) is 32.4. The van der Waals surface area contributed by atoms with Crippen LogP contribution in [0, 0.1) is 0 Å². The van der Waals surface area contributed by atoms with Gasteiger partial charge in [-0.1, -0.05) is 23.5 Å². The molecule has 13 heteroatoms. The van der Waals surface area contributed by atoms with E-state index in [1.807, 2.05) is 35.7 Å². The number of ether oxygens (including phenoxy) is 4. The summed E-state index contributed by atoms with van der Waals surface area (Å²) in [5, 5.41) is 9.48. The van der Waals surface area contributed by atoms with Crippen molar-refractivity contribution in [3.05, 3.63) is 71.1 Å². The molecule has 0 aliphatic heterocycles. The molecule has 11 nitrogen and oxygen atoms in total. The van der Waals surface area contributed by atoms with Gasteiger partial charge in [0.15, 0.2) is 22.4 Å². The van der Waals surface area contributed by atoms with Crippen LogP contribution < -0.4 is 35.3 Å². The van der Waals surface area contributed by atoms with Crippen molar-refractivity contribution in [2.75, 3.05) is 44.8 Å². The molecule has 0 saturated heterocycles. The molecule has 0 spiro atoms. The molecule has 1 atom stereocenters. The lowest BCUT2D eigenvalue weighted by Gasteiger charge is -2.14. The first-order chi connectivity index (χ1) is 22.3. The van der Waals surface area contributed by atoms with Gasteiger partial charge in [0.25, 0.3) is 0 Å². The van der Waals surface area contributed by atoms with Gasteiger partial charge in [-0.05, 0) is 35.9 Å². The SMILES string of the molecule is COc1ccc2c(c1)C(CC(=O)Nc1cccc(-c3csc(-c4sc(Nc5cc(OC)c(OC)c(OC)c5)nc4N)n3)c1)CC2=O. The number of nitrogens with one attached hydrogen (secondary N) is 2. The number of nitrogen functional groups attached to an aromatic ring is 1. The van der Waals surface area contributed by atoms with Gasteiger partial charge in [-0.3, -0.25) is 9.59 Å².